The number of nitrogens with two attached hydrogens (primary N) is 1. The van der Waals surface area contributed by atoms with Crippen LogP contribution in [0.3, 0.4) is 0 Å². The number of aryl methyl sites for hydroxylation is 2. The molecule has 0 aliphatic carbocycles. The minimum atomic E-state index is -1.29. The van der Waals surface area contributed by atoms with Crippen LogP contribution in [0.2, 0.25) is 0 Å². The molecule has 2 aromatic rings. The molecule has 0 bridgehead atoms. The molecule has 2 unspecified atom stereocenters. The molecule has 2 rings (SSSR count). The van der Waals surface area contributed by atoms with Gasteiger partial charge in [-0.05, 0) is 82.0 Å². The molecule has 0 aliphatic rings. The van der Waals surface area contributed by atoms with Crippen molar-refractivity contribution in [2.45, 2.75) is 65.1 Å². The maximum absolute atomic E-state index is 13.8. The average Bonchev–Trinajstić information content (AvgIpc) is 2.84. The predicted octanol–water partition coefficient (Wildman–Crippen LogP) is 3.57. The Labute approximate surface area is 229 Å². The van der Waals surface area contributed by atoms with Gasteiger partial charge in [-0.2, -0.15) is 0 Å². The third kappa shape index (κ3) is 8.78. The molecular weight excluding hydrogens is 500 g/mol. The fourth-order valence-electron chi connectivity index (χ4n) is 3.95. The Morgan fingerprint density at radius 3 is 2.13 bits per heavy atom. The number of nitrogens with zero attached hydrogens (tertiary/aromatic N) is 1. The zero-order chi connectivity index (χ0) is 29.3. The standard InChI is InChI=1S/C29H36N4O6/c1-8-33(27(36)22(16-17-23(30)34)32-28(37)39-29(4,5)6)25(24-18(2)10-9-11-19(24)3)26(35)31-20-12-14-21(38-7)15-13-20/h1,9-15,22,25H,16-17H2,2-7H3,(H2,30,34)(H,31,35)(H,32,37). The van der Waals surface area contributed by atoms with E-state index < -0.39 is 41.5 Å². The molecule has 10 nitrogen and oxygen atoms in total. The summed E-state index contributed by atoms with van der Waals surface area (Å²) in [6.07, 6.45) is 4.59. The fraction of sp³-hybridized carbons (Fsp3) is 0.379. The highest BCUT2D eigenvalue weighted by Crippen LogP contribution is 2.30. The molecule has 0 saturated heterocycles. The van der Waals surface area contributed by atoms with Gasteiger partial charge < -0.3 is 25.8 Å². The number of carbonyl (C=O) groups is 4. The predicted molar refractivity (Wildman–Crippen MR) is 148 cm³/mol. The van der Waals surface area contributed by atoms with Gasteiger partial charge in [0.2, 0.25) is 5.91 Å². The molecule has 0 heterocycles. The van der Waals surface area contributed by atoms with Crippen LogP contribution in [0.25, 0.3) is 0 Å². The van der Waals surface area contributed by atoms with E-state index in [0.29, 0.717) is 17.0 Å². The van der Waals surface area contributed by atoms with E-state index in [4.69, 9.17) is 21.6 Å². The van der Waals surface area contributed by atoms with Crippen LogP contribution in [0.5, 0.6) is 5.75 Å². The summed E-state index contributed by atoms with van der Waals surface area (Å²) in [5, 5.41) is 5.29. The number of terminal acetylenes is 1. The summed E-state index contributed by atoms with van der Waals surface area (Å²) in [4.78, 5) is 52.6. The van der Waals surface area contributed by atoms with Crippen LogP contribution in [-0.2, 0) is 19.1 Å². The third-order valence-corrected chi connectivity index (χ3v) is 5.72. The highest BCUT2D eigenvalue weighted by atomic mass is 16.6. The molecular formula is C29H36N4O6. The Hall–Kier alpha value is -4.52. The molecule has 4 N–H and O–H groups in total. The number of alkyl carbamates (subject to hydrolysis) is 1. The minimum Gasteiger partial charge on any atom is -0.497 e. The zero-order valence-corrected chi connectivity index (χ0v) is 23.2. The molecule has 2 atom stereocenters. The zero-order valence-electron chi connectivity index (χ0n) is 23.2. The Balaban J connectivity index is 2.52. The summed E-state index contributed by atoms with van der Waals surface area (Å²) in [6, 6.07) is 11.9. The Bertz CT molecular complexity index is 1220. The van der Waals surface area contributed by atoms with Crippen molar-refractivity contribution in [3.63, 3.8) is 0 Å². The molecule has 0 spiro atoms. The summed E-state index contributed by atoms with van der Waals surface area (Å²) in [6.45, 7) is 8.61. The number of primary amides is 1. The van der Waals surface area contributed by atoms with Crippen molar-refractivity contribution in [2.75, 3.05) is 12.4 Å². The number of hydrogen-bond acceptors (Lipinski definition) is 6. The van der Waals surface area contributed by atoms with Gasteiger partial charge >= 0.3 is 6.09 Å². The van der Waals surface area contributed by atoms with Crippen LogP contribution < -0.4 is 21.1 Å². The van der Waals surface area contributed by atoms with Gasteiger partial charge in [0.15, 0.2) is 0 Å². The maximum atomic E-state index is 13.8. The van der Waals surface area contributed by atoms with E-state index in [1.165, 1.54) is 7.11 Å². The quantitative estimate of drug-likeness (QED) is 0.313. The highest BCUT2D eigenvalue weighted by molar-refractivity contribution is 6.00. The van der Waals surface area contributed by atoms with Crippen molar-refractivity contribution in [1.82, 2.24) is 10.2 Å². The van der Waals surface area contributed by atoms with Gasteiger partial charge in [-0.1, -0.05) is 24.6 Å². The van der Waals surface area contributed by atoms with Gasteiger partial charge in [-0.15, -0.1) is 0 Å². The molecule has 0 aliphatic heterocycles. The SMILES string of the molecule is C#CN(C(=O)C(CCC(N)=O)NC(=O)OC(C)(C)C)C(C(=O)Nc1ccc(OC)cc1)c1c(C)cccc1C. The van der Waals surface area contributed by atoms with Crippen LogP contribution in [0.1, 0.15) is 56.3 Å². The first kappa shape index (κ1) is 30.7. The van der Waals surface area contributed by atoms with E-state index in [0.717, 1.165) is 16.0 Å². The number of amides is 4. The largest absolute Gasteiger partial charge is 0.497 e. The van der Waals surface area contributed by atoms with Crippen LogP contribution >= 0.6 is 0 Å². The van der Waals surface area contributed by atoms with Crippen molar-refractivity contribution >= 4 is 29.5 Å². The first-order valence-electron chi connectivity index (χ1n) is 12.4. The summed E-state index contributed by atoms with van der Waals surface area (Å²) in [7, 11) is 1.53. The molecule has 2 aromatic carbocycles. The number of nitrogens with one attached hydrogen (secondary N) is 2. The molecule has 0 aromatic heterocycles. The lowest BCUT2D eigenvalue weighted by Gasteiger charge is -2.31. The van der Waals surface area contributed by atoms with Gasteiger partial charge in [0.1, 0.15) is 23.4 Å². The van der Waals surface area contributed by atoms with Gasteiger partial charge in [0, 0.05) is 18.2 Å². The lowest BCUT2D eigenvalue weighted by Crippen LogP contribution is -2.51. The van der Waals surface area contributed by atoms with E-state index in [9.17, 15) is 19.2 Å². The van der Waals surface area contributed by atoms with Crippen LogP contribution in [-0.4, -0.2) is 47.5 Å². The number of rotatable bonds is 10. The van der Waals surface area contributed by atoms with E-state index in [1.807, 2.05) is 6.07 Å². The van der Waals surface area contributed by atoms with Gasteiger partial charge in [-0.25, -0.2) is 4.79 Å². The second kappa shape index (κ2) is 13.3. The number of benzene rings is 2. The number of hydrogen-bond donors (Lipinski definition) is 3. The molecule has 208 valence electrons. The Morgan fingerprint density at radius 2 is 1.64 bits per heavy atom. The van der Waals surface area contributed by atoms with Crippen molar-refractivity contribution in [2.24, 2.45) is 5.73 Å². The van der Waals surface area contributed by atoms with Crippen LogP contribution in [0.4, 0.5) is 10.5 Å². The number of methoxy groups -OCH3 is 1. The highest BCUT2D eigenvalue weighted by Gasteiger charge is 2.37. The Kier molecular flexibility index (Phi) is 10.5. The topological polar surface area (TPSA) is 140 Å². The van der Waals surface area contributed by atoms with Crippen LogP contribution in [0, 0.1) is 26.3 Å². The average molecular weight is 537 g/mol. The molecule has 10 heteroatoms. The third-order valence-electron chi connectivity index (χ3n) is 5.72. The van der Waals surface area contributed by atoms with Crippen LogP contribution in [0.15, 0.2) is 42.5 Å². The van der Waals surface area contributed by atoms with Crippen molar-refractivity contribution in [3.05, 3.63) is 59.2 Å². The number of ether oxygens (including phenoxy) is 2. The molecule has 4 amide bonds. The Morgan fingerprint density at radius 1 is 1.05 bits per heavy atom. The fourth-order valence-corrected chi connectivity index (χ4v) is 3.95. The molecule has 39 heavy (non-hydrogen) atoms. The van der Waals surface area contributed by atoms with Gasteiger partial charge in [-0.3, -0.25) is 19.3 Å². The summed E-state index contributed by atoms with van der Waals surface area (Å²) < 4.78 is 10.5. The second-order valence-electron chi connectivity index (χ2n) is 9.97. The lowest BCUT2D eigenvalue weighted by molar-refractivity contribution is -0.137. The van der Waals surface area contributed by atoms with Crippen molar-refractivity contribution in [3.8, 4) is 18.2 Å². The smallest absolute Gasteiger partial charge is 0.408 e. The van der Waals surface area contributed by atoms with E-state index >= 15 is 0 Å². The maximum Gasteiger partial charge on any atom is 0.408 e. The molecule has 0 fully saturated rings. The normalized spacial score (nSPS) is 12.3. The van der Waals surface area contributed by atoms with E-state index in [1.54, 1.807) is 71.0 Å². The first-order chi connectivity index (χ1) is 18.3. The summed E-state index contributed by atoms with van der Waals surface area (Å²) in [5.74, 6) is -1.42. The second-order valence-corrected chi connectivity index (χ2v) is 9.97. The van der Waals surface area contributed by atoms with Gasteiger partial charge in [0.25, 0.3) is 11.8 Å². The summed E-state index contributed by atoms with van der Waals surface area (Å²) >= 11 is 0. The van der Waals surface area contributed by atoms with E-state index in [-0.39, 0.29) is 12.8 Å². The van der Waals surface area contributed by atoms with E-state index in [2.05, 4.69) is 16.7 Å². The number of carbonyl (C=O) groups excluding carboxylic acids is 4. The minimum absolute atomic E-state index is 0.148. The van der Waals surface area contributed by atoms with Crippen molar-refractivity contribution in [1.29, 1.82) is 0 Å². The van der Waals surface area contributed by atoms with Gasteiger partial charge in [0.05, 0.1) is 7.11 Å². The molecule has 0 saturated carbocycles. The molecule has 0 radical (unpaired) electrons. The first-order valence-corrected chi connectivity index (χ1v) is 12.4. The number of anilines is 1. The lowest BCUT2D eigenvalue weighted by atomic mass is 9.93. The van der Waals surface area contributed by atoms with Crippen molar-refractivity contribution < 1.29 is 28.7 Å². The monoisotopic (exact) mass is 536 g/mol. The summed E-state index contributed by atoms with van der Waals surface area (Å²) in [5.41, 5.74) is 6.91.